The Balaban J connectivity index is 2.47. The lowest BCUT2D eigenvalue weighted by Crippen LogP contribution is -2.30. The molecule has 0 aliphatic rings. The molecule has 0 bridgehead atoms. The molecule has 0 spiro atoms. The van der Waals surface area contributed by atoms with E-state index in [9.17, 15) is 0 Å². The van der Waals surface area contributed by atoms with Crippen molar-refractivity contribution in [3.63, 3.8) is 0 Å². The topological polar surface area (TPSA) is 24.9 Å². The van der Waals surface area contributed by atoms with Gasteiger partial charge in [0, 0.05) is 11.9 Å². The quantitative estimate of drug-likeness (QED) is 0.734. The van der Waals surface area contributed by atoms with Crippen LogP contribution in [0.15, 0.2) is 36.5 Å². The fraction of sp³-hybridized carbons (Fsp3) is 0.476. The van der Waals surface area contributed by atoms with Gasteiger partial charge in [0.2, 0.25) is 0 Å². The Morgan fingerprint density at radius 2 is 1.48 bits per heavy atom. The predicted molar refractivity (Wildman–Crippen MR) is 100 cm³/mol. The van der Waals surface area contributed by atoms with E-state index in [2.05, 4.69) is 89.1 Å². The first kappa shape index (κ1) is 17.5. The number of nitrogens with one attached hydrogen (secondary N) is 1. The number of hydrogen-bond acceptors (Lipinski definition) is 2. The van der Waals surface area contributed by atoms with Crippen molar-refractivity contribution in [2.45, 2.75) is 65.8 Å². The molecule has 0 atom stereocenters. The summed E-state index contributed by atoms with van der Waals surface area (Å²) in [5.41, 5.74) is 6.05. The number of hydrogen-bond donors (Lipinski definition) is 1. The number of aromatic nitrogens is 1. The number of para-hydroxylation sites is 1. The van der Waals surface area contributed by atoms with Crippen molar-refractivity contribution in [3.05, 3.63) is 58.9 Å². The maximum absolute atomic E-state index is 4.63. The molecule has 2 aromatic rings. The van der Waals surface area contributed by atoms with Crippen LogP contribution in [0.3, 0.4) is 0 Å². The molecule has 124 valence electrons. The van der Waals surface area contributed by atoms with Crippen LogP contribution < -0.4 is 5.32 Å². The molecule has 1 aromatic carbocycles. The summed E-state index contributed by atoms with van der Waals surface area (Å²) in [6, 6.07) is 10.9. The van der Waals surface area contributed by atoms with Crippen molar-refractivity contribution in [1.29, 1.82) is 0 Å². The average Bonchev–Trinajstić information content (AvgIpc) is 2.47. The molecule has 1 heterocycles. The van der Waals surface area contributed by atoms with Gasteiger partial charge in [-0.25, -0.2) is 0 Å². The Morgan fingerprint density at radius 1 is 0.913 bits per heavy atom. The van der Waals surface area contributed by atoms with Crippen LogP contribution in [0.1, 0.15) is 75.8 Å². The number of aryl methyl sites for hydroxylation is 1. The third-order valence-electron chi connectivity index (χ3n) is 4.36. The molecule has 2 heteroatoms. The SMILES string of the molecule is Cc1ccc(C(C)(C)Nc2c(C(C)C)cccc2C(C)C)nc1. The zero-order valence-electron chi connectivity index (χ0n) is 15.6. The zero-order chi connectivity index (χ0) is 17.2. The van der Waals surface area contributed by atoms with Crippen LogP contribution >= 0.6 is 0 Å². The van der Waals surface area contributed by atoms with E-state index in [1.54, 1.807) is 0 Å². The fourth-order valence-corrected chi connectivity index (χ4v) is 2.91. The third-order valence-corrected chi connectivity index (χ3v) is 4.36. The average molecular weight is 310 g/mol. The van der Waals surface area contributed by atoms with E-state index in [-0.39, 0.29) is 5.54 Å². The van der Waals surface area contributed by atoms with Crippen molar-refractivity contribution in [2.24, 2.45) is 0 Å². The van der Waals surface area contributed by atoms with Crippen LogP contribution in [-0.2, 0) is 5.54 Å². The summed E-state index contributed by atoms with van der Waals surface area (Å²) in [6.45, 7) is 15.5. The number of rotatable bonds is 5. The first-order valence-corrected chi connectivity index (χ1v) is 8.56. The molecule has 0 aliphatic heterocycles. The number of anilines is 1. The number of benzene rings is 1. The number of pyridine rings is 1. The van der Waals surface area contributed by atoms with Crippen LogP contribution in [0.2, 0.25) is 0 Å². The van der Waals surface area contributed by atoms with Crippen molar-refractivity contribution >= 4 is 5.69 Å². The first-order valence-electron chi connectivity index (χ1n) is 8.56. The van der Waals surface area contributed by atoms with E-state index in [0.29, 0.717) is 11.8 Å². The summed E-state index contributed by atoms with van der Waals surface area (Å²) in [5.74, 6) is 0.968. The van der Waals surface area contributed by atoms with Gasteiger partial charge in [0.15, 0.2) is 0 Å². The Morgan fingerprint density at radius 3 is 1.91 bits per heavy atom. The van der Waals surface area contributed by atoms with E-state index >= 15 is 0 Å². The van der Waals surface area contributed by atoms with Crippen molar-refractivity contribution in [3.8, 4) is 0 Å². The maximum atomic E-state index is 4.63. The predicted octanol–water partition coefficient (Wildman–Crippen LogP) is 5.98. The molecule has 0 fully saturated rings. The van der Waals surface area contributed by atoms with E-state index < -0.39 is 0 Å². The largest absolute Gasteiger partial charge is 0.374 e. The van der Waals surface area contributed by atoms with Gasteiger partial charge in [-0.3, -0.25) is 4.98 Å². The molecule has 2 rings (SSSR count). The van der Waals surface area contributed by atoms with Gasteiger partial charge in [-0.05, 0) is 55.4 Å². The Hall–Kier alpha value is -1.83. The lowest BCUT2D eigenvalue weighted by molar-refractivity contribution is 0.583. The van der Waals surface area contributed by atoms with Crippen LogP contribution in [-0.4, -0.2) is 4.98 Å². The maximum Gasteiger partial charge on any atom is 0.0739 e. The van der Waals surface area contributed by atoms with Crippen LogP contribution in [0.4, 0.5) is 5.69 Å². The second-order valence-electron chi connectivity index (χ2n) is 7.59. The molecule has 23 heavy (non-hydrogen) atoms. The molecule has 0 unspecified atom stereocenters. The number of nitrogens with zero attached hydrogens (tertiary/aromatic N) is 1. The highest BCUT2D eigenvalue weighted by Gasteiger charge is 2.25. The fourth-order valence-electron chi connectivity index (χ4n) is 2.91. The summed E-state index contributed by atoms with van der Waals surface area (Å²) in [7, 11) is 0. The van der Waals surface area contributed by atoms with Crippen molar-refractivity contribution in [1.82, 2.24) is 4.98 Å². The van der Waals surface area contributed by atoms with Gasteiger partial charge in [0.25, 0.3) is 0 Å². The highest BCUT2D eigenvalue weighted by atomic mass is 15.0. The van der Waals surface area contributed by atoms with Crippen molar-refractivity contribution in [2.75, 3.05) is 5.32 Å². The summed E-state index contributed by atoms with van der Waals surface area (Å²) in [5, 5.41) is 3.79. The molecular formula is C21H30N2. The Labute approximate surface area is 141 Å². The summed E-state index contributed by atoms with van der Waals surface area (Å²) >= 11 is 0. The van der Waals surface area contributed by atoms with E-state index in [1.165, 1.54) is 22.4 Å². The summed E-state index contributed by atoms with van der Waals surface area (Å²) in [6.07, 6.45) is 1.94. The van der Waals surface area contributed by atoms with Gasteiger partial charge in [0.05, 0.1) is 11.2 Å². The lowest BCUT2D eigenvalue weighted by atomic mass is 9.90. The van der Waals surface area contributed by atoms with Gasteiger partial charge in [-0.15, -0.1) is 0 Å². The van der Waals surface area contributed by atoms with Crippen LogP contribution in [0.5, 0.6) is 0 Å². The van der Waals surface area contributed by atoms with Crippen molar-refractivity contribution < 1.29 is 0 Å². The highest BCUT2D eigenvalue weighted by molar-refractivity contribution is 5.61. The second-order valence-corrected chi connectivity index (χ2v) is 7.59. The lowest BCUT2D eigenvalue weighted by Gasteiger charge is -2.31. The second kappa shape index (κ2) is 6.74. The van der Waals surface area contributed by atoms with Crippen LogP contribution in [0.25, 0.3) is 0 Å². The minimum absolute atomic E-state index is 0.220. The minimum atomic E-state index is -0.220. The zero-order valence-corrected chi connectivity index (χ0v) is 15.6. The molecule has 2 nitrogen and oxygen atoms in total. The Bertz CT molecular complexity index is 626. The highest BCUT2D eigenvalue weighted by Crippen LogP contribution is 2.36. The third kappa shape index (κ3) is 3.93. The monoisotopic (exact) mass is 310 g/mol. The van der Waals surface area contributed by atoms with E-state index in [4.69, 9.17) is 0 Å². The molecule has 0 saturated carbocycles. The van der Waals surface area contributed by atoms with Gasteiger partial charge >= 0.3 is 0 Å². The van der Waals surface area contributed by atoms with Gasteiger partial charge in [-0.1, -0.05) is 52.0 Å². The van der Waals surface area contributed by atoms with Crippen LogP contribution in [0, 0.1) is 6.92 Å². The summed E-state index contributed by atoms with van der Waals surface area (Å²) < 4.78 is 0. The normalized spacial score (nSPS) is 12.0. The van der Waals surface area contributed by atoms with E-state index in [1.807, 2.05) is 6.20 Å². The standard InChI is InChI=1S/C21H30N2/c1-14(2)17-9-8-10-18(15(3)4)20(17)23-21(6,7)19-12-11-16(5)13-22-19/h8-15,23H,1-7H3. The summed E-state index contributed by atoms with van der Waals surface area (Å²) in [4.78, 5) is 4.63. The van der Waals surface area contributed by atoms with Gasteiger partial charge < -0.3 is 5.32 Å². The molecule has 1 aromatic heterocycles. The van der Waals surface area contributed by atoms with E-state index in [0.717, 1.165) is 5.69 Å². The Kier molecular flexibility index (Phi) is 5.13. The van der Waals surface area contributed by atoms with Gasteiger partial charge in [-0.2, -0.15) is 0 Å². The smallest absolute Gasteiger partial charge is 0.0739 e. The molecule has 1 N–H and O–H groups in total. The minimum Gasteiger partial charge on any atom is -0.374 e. The molecule has 0 aliphatic carbocycles. The van der Waals surface area contributed by atoms with Gasteiger partial charge in [0.1, 0.15) is 0 Å². The molecule has 0 saturated heterocycles. The molecule has 0 radical (unpaired) electrons. The first-order chi connectivity index (χ1) is 10.7. The molecule has 0 amide bonds. The molecular weight excluding hydrogens is 280 g/mol.